The summed E-state index contributed by atoms with van der Waals surface area (Å²) in [6.07, 6.45) is 4.81. The number of hydrogen-bond donors (Lipinski definition) is 1. The van der Waals surface area contributed by atoms with E-state index in [1.54, 1.807) is 0 Å². The van der Waals surface area contributed by atoms with Crippen molar-refractivity contribution in [1.82, 2.24) is 19.7 Å². The molecule has 0 unspecified atom stereocenters. The molecule has 0 bridgehead atoms. The normalized spacial score (nSPS) is 11.7. The van der Waals surface area contributed by atoms with Crippen LogP contribution >= 0.6 is 0 Å². The average molecular weight is 302 g/mol. The molecule has 0 aliphatic rings. The first-order valence-electron chi connectivity index (χ1n) is 7.82. The second-order valence-electron chi connectivity index (χ2n) is 6.13. The number of nitrogens with zero attached hydrogens (tertiary/aromatic N) is 3. The Hall–Kier alpha value is -2.04. The predicted octanol–water partition coefficient (Wildman–Crippen LogP) is 2.42. The Morgan fingerprint density at radius 2 is 1.91 bits per heavy atom. The molecule has 22 heavy (non-hydrogen) atoms. The summed E-state index contributed by atoms with van der Waals surface area (Å²) in [5, 5.41) is 7.56. The predicted molar refractivity (Wildman–Crippen MR) is 87.8 cm³/mol. The molecule has 2 heterocycles. The number of nitrogens with one attached hydrogen (secondary N) is 1. The SMILES string of the molecule is CCc1c(C)nn(CCNC(=O)C(C)(C)n2cccc2)c1C. The fourth-order valence-corrected chi connectivity index (χ4v) is 2.78. The van der Waals surface area contributed by atoms with Crippen LogP contribution in [0.25, 0.3) is 0 Å². The largest absolute Gasteiger partial charge is 0.352 e. The van der Waals surface area contributed by atoms with E-state index < -0.39 is 5.54 Å². The van der Waals surface area contributed by atoms with Crippen LogP contribution in [-0.2, 0) is 23.3 Å². The van der Waals surface area contributed by atoms with E-state index in [0.717, 1.165) is 12.1 Å². The number of aromatic nitrogens is 3. The van der Waals surface area contributed by atoms with Crippen LogP contribution in [-0.4, -0.2) is 26.8 Å². The van der Waals surface area contributed by atoms with E-state index in [1.807, 2.05) is 54.5 Å². The number of carbonyl (C=O) groups excluding carboxylic acids is 1. The van der Waals surface area contributed by atoms with Crippen LogP contribution in [0, 0.1) is 13.8 Å². The highest BCUT2D eigenvalue weighted by Crippen LogP contribution is 2.15. The van der Waals surface area contributed by atoms with Crippen molar-refractivity contribution in [2.45, 2.75) is 53.1 Å². The van der Waals surface area contributed by atoms with E-state index in [2.05, 4.69) is 24.3 Å². The number of carbonyl (C=O) groups is 1. The lowest BCUT2D eigenvalue weighted by atomic mass is 10.0. The van der Waals surface area contributed by atoms with Gasteiger partial charge in [-0.15, -0.1) is 0 Å². The van der Waals surface area contributed by atoms with Gasteiger partial charge in [-0.3, -0.25) is 9.48 Å². The van der Waals surface area contributed by atoms with Gasteiger partial charge in [0.1, 0.15) is 5.54 Å². The molecular formula is C17H26N4O. The average Bonchev–Trinajstić information content (AvgIpc) is 3.08. The molecule has 5 nitrogen and oxygen atoms in total. The van der Waals surface area contributed by atoms with Crippen LogP contribution in [0.2, 0.25) is 0 Å². The lowest BCUT2D eigenvalue weighted by Crippen LogP contribution is -2.44. The van der Waals surface area contributed by atoms with Crippen LogP contribution in [0.3, 0.4) is 0 Å². The van der Waals surface area contributed by atoms with E-state index in [9.17, 15) is 4.79 Å². The maximum absolute atomic E-state index is 12.4. The number of amides is 1. The van der Waals surface area contributed by atoms with Gasteiger partial charge in [0.25, 0.3) is 0 Å². The van der Waals surface area contributed by atoms with Crippen LogP contribution in [0.15, 0.2) is 24.5 Å². The zero-order valence-electron chi connectivity index (χ0n) is 14.2. The highest BCUT2D eigenvalue weighted by Gasteiger charge is 2.28. The van der Waals surface area contributed by atoms with Crippen molar-refractivity contribution in [3.8, 4) is 0 Å². The molecule has 2 aromatic rings. The highest BCUT2D eigenvalue weighted by molar-refractivity contribution is 5.83. The first-order valence-corrected chi connectivity index (χ1v) is 7.82. The van der Waals surface area contributed by atoms with Crippen LogP contribution in [0.5, 0.6) is 0 Å². The van der Waals surface area contributed by atoms with Crippen LogP contribution in [0.4, 0.5) is 0 Å². The van der Waals surface area contributed by atoms with Crippen molar-refractivity contribution in [3.05, 3.63) is 41.5 Å². The molecule has 0 spiro atoms. The molecule has 0 saturated heterocycles. The van der Waals surface area contributed by atoms with Crippen LogP contribution in [0.1, 0.15) is 37.7 Å². The Morgan fingerprint density at radius 1 is 1.27 bits per heavy atom. The molecule has 0 aliphatic carbocycles. The first kappa shape index (κ1) is 16.3. The van der Waals surface area contributed by atoms with Gasteiger partial charge in [-0.1, -0.05) is 6.92 Å². The minimum Gasteiger partial charge on any atom is -0.352 e. The van der Waals surface area contributed by atoms with Gasteiger partial charge in [0.2, 0.25) is 5.91 Å². The van der Waals surface area contributed by atoms with E-state index in [0.29, 0.717) is 13.1 Å². The summed E-state index contributed by atoms with van der Waals surface area (Å²) in [4.78, 5) is 12.4. The Balaban J connectivity index is 1.95. The highest BCUT2D eigenvalue weighted by atomic mass is 16.2. The molecule has 120 valence electrons. The minimum absolute atomic E-state index is 0.0148. The molecule has 0 saturated carbocycles. The third kappa shape index (κ3) is 3.08. The molecule has 2 rings (SSSR count). The fourth-order valence-electron chi connectivity index (χ4n) is 2.78. The standard InChI is InChI=1S/C17H26N4O/c1-6-15-13(2)19-21(14(15)3)12-9-18-16(22)17(4,5)20-10-7-8-11-20/h7-8,10-11H,6,9,12H2,1-5H3,(H,18,22). The number of aryl methyl sites for hydroxylation is 1. The third-order valence-corrected chi connectivity index (χ3v) is 4.30. The molecular weight excluding hydrogens is 276 g/mol. The topological polar surface area (TPSA) is 51.9 Å². The van der Waals surface area contributed by atoms with Crippen molar-refractivity contribution in [1.29, 1.82) is 0 Å². The molecule has 0 aliphatic heterocycles. The van der Waals surface area contributed by atoms with Gasteiger partial charge in [-0.25, -0.2) is 0 Å². The maximum Gasteiger partial charge on any atom is 0.245 e. The quantitative estimate of drug-likeness (QED) is 0.891. The molecule has 0 aromatic carbocycles. The molecule has 0 atom stereocenters. The Labute approximate surface area is 132 Å². The number of hydrogen-bond acceptors (Lipinski definition) is 2. The van der Waals surface area contributed by atoms with E-state index >= 15 is 0 Å². The molecule has 1 amide bonds. The van der Waals surface area contributed by atoms with Crippen molar-refractivity contribution in [2.24, 2.45) is 0 Å². The van der Waals surface area contributed by atoms with E-state index in [4.69, 9.17) is 0 Å². The minimum atomic E-state index is -0.590. The summed E-state index contributed by atoms with van der Waals surface area (Å²) >= 11 is 0. The fraction of sp³-hybridized carbons (Fsp3) is 0.529. The van der Waals surface area contributed by atoms with Gasteiger partial charge in [0.05, 0.1) is 12.2 Å². The van der Waals surface area contributed by atoms with Gasteiger partial charge < -0.3 is 9.88 Å². The van der Waals surface area contributed by atoms with E-state index in [-0.39, 0.29) is 5.91 Å². The summed E-state index contributed by atoms with van der Waals surface area (Å²) in [5.41, 5.74) is 2.99. The Kier molecular flexibility index (Phi) is 4.74. The third-order valence-electron chi connectivity index (χ3n) is 4.30. The van der Waals surface area contributed by atoms with Crippen molar-refractivity contribution >= 4 is 5.91 Å². The summed E-state index contributed by atoms with van der Waals surface area (Å²) in [6, 6.07) is 3.86. The number of rotatable bonds is 6. The van der Waals surface area contributed by atoms with Crippen LogP contribution < -0.4 is 5.32 Å². The van der Waals surface area contributed by atoms with Gasteiger partial charge in [0.15, 0.2) is 0 Å². The first-order chi connectivity index (χ1) is 10.4. The summed E-state index contributed by atoms with van der Waals surface area (Å²) in [7, 11) is 0. The van der Waals surface area contributed by atoms with Gasteiger partial charge in [-0.05, 0) is 51.8 Å². The molecule has 5 heteroatoms. The van der Waals surface area contributed by atoms with Gasteiger partial charge in [0, 0.05) is 24.6 Å². The second kappa shape index (κ2) is 6.38. The van der Waals surface area contributed by atoms with Crippen molar-refractivity contribution < 1.29 is 4.79 Å². The molecule has 0 radical (unpaired) electrons. The lowest BCUT2D eigenvalue weighted by Gasteiger charge is -2.25. The Bertz CT molecular complexity index is 638. The van der Waals surface area contributed by atoms with Crippen molar-refractivity contribution in [3.63, 3.8) is 0 Å². The van der Waals surface area contributed by atoms with Crippen molar-refractivity contribution in [2.75, 3.05) is 6.54 Å². The lowest BCUT2D eigenvalue weighted by molar-refractivity contribution is -0.128. The smallest absolute Gasteiger partial charge is 0.245 e. The molecule has 1 N–H and O–H groups in total. The Morgan fingerprint density at radius 3 is 2.45 bits per heavy atom. The summed E-state index contributed by atoms with van der Waals surface area (Å²) < 4.78 is 3.90. The maximum atomic E-state index is 12.4. The zero-order chi connectivity index (χ0) is 16.3. The van der Waals surface area contributed by atoms with Gasteiger partial charge in [-0.2, -0.15) is 5.10 Å². The summed E-state index contributed by atoms with van der Waals surface area (Å²) in [5.74, 6) is 0.0148. The molecule has 0 fully saturated rings. The van der Waals surface area contributed by atoms with E-state index in [1.165, 1.54) is 11.3 Å². The summed E-state index contributed by atoms with van der Waals surface area (Å²) in [6.45, 7) is 11.4. The molecule has 2 aromatic heterocycles. The zero-order valence-corrected chi connectivity index (χ0v) is 14.2. The second-order valence-corrected chi connectivity index (χ2v) is 6.13. The van der Waals surface area contributed by atoms with Gasteiger partial charge >= 0.3 is 0 Å². The monoisotopic (exact) mass is 302 g/mol.